The summed E-state index contributed by atoms with van der Waals surface area (Å²) in [7, 11) is 3.19. The molecule has 0 spiro atoms. The Morgan fingerprint density at radius 2 is 2.00 bits per heavy atom. The third-order valence-electron chi connectivity index (χ3n) is 5.03. The lowest BCUT2D eigenvalue weighted by Crippen LogP contribution is -2.42. The van der Waals surface area contributed by atoms with Crippen molar-refractivity contribution in [3.05, 3.63) is 42.2 Å². The fraction of sp³-hybridized carbons (Fsp3) is 0.409. The van der Waals surface area contributed by atoms with Crippen LogP contribution in [0.2, 0.25) is 0 Å². The van der Waals surface area contributed by atoms with Gasteiger partial charge in [-0.1, -0.05) is 0 Å². The lowest BCUT2D eigenvalue weighted by Gasteiger charge is -2.31. The predicted octanol–water partition coefficient (Wildman–Crippen LogP) is 3.18. The highest BCUT2D eigenvalue weighted by molar-refractivity contribution is 5.95. The number of methoxy groups -OCH3 is 2. The SMILES string of the molecule is CCOC(=O)[C@H]1CCCN(C(=O)c2cncc(-c3cc(OC)ccc3OC)c2)C1. The number of carbonyl (C=O) groups is 2. The van der Waals surface area contributed by atoms with Crippen LogP contribution in [0.25, 0.3) is 11.1 Å². The zero-order valence-corrected chi connectivity index (χ0v) is 17.0. The number of nitrogens with zero attached hydrogens (tertiary/aromatic N) is 2. The topological polar surface area (TPSA) is 78.0 Å². The molecule has 0 bridgehead atoms. The van der Waals surface area contributed by atoms with Crippen molar-refractivity contribution in [2.75, 3.05) is 33.9 Å². The van der Waals surface area contributed by atoms with Crippen molar-refractivity contribution in [2.45, 2.75) is 19.8 Å². The van der Waals surface area contributed by atoms with Crippen LogP contribution in [0.1, 0.15) is 30.1 Å². The minimum absolute atomic E-state index is 0.143. The number of hydrogen-bond acceptors (Lipinski definition) is 6. The molecule has 2 heterocycles. The maximum absolute atomic E-state index is 13.1. The average molecular weight is 398 g/mol. The van der Waals surface area contributed by atoms with Crippen LogP contribution >= 0.6 is 0 Å². The summed E-state index contributed by atoms with van der Waals surface area (Å²) < 4.78 is 15.9. The third-order valence-corrected chi connectivity index (χ3v) is 5.03. The molecule has 1 aromatic heterocycles. The van der Waals surface area contributed by atoms with Crippen LogP contribution in [0, 0.1) is 5.92 Å². The molecule has 1 amide bonds. The second-order valence-electron chi connectivity index (χ2n) is 6.87. The molecule has 29 heavy (non-hydrogen) atoms. The third kappa shape index (κ3) is 4.67. The zero-order valence-electron chi connectivity index (χ0n) is 17.0. The van der Waals surface area contributed by atoms with Gasteiger partial charge in [0.05, 0.1) is 32.3 Å². The first-order chi connectivity index (χ1) is 14.1. The molecule has 154 valence electrons. The number of hydrogen-bond donors (Lipinski definition) is 0. The summed E-state index contributed by atoms with van der Waals surface area (Å²) in [4.78, 5) is 31.1. The van der Waals surface area contributed by atoms with Gasteiger partial charge in [0, 0.05) is 36.6 Å². The Labute approximate surface area is 170 Å². The van der Waals surface area contributed by atoms with Gasteiger partial charge in [0.1, 0.15) is 11.5 Å². The van der Waals surface area contributed by atoms with E-state index in [0.717, 1.165) is 24.0 Å². The van der Waals surface area contributed by atoms with Gasteiger partial charge < -0.3 is 19.1 Å². The van der Waals surface area contributed by atoms with Crippen LogP contribution in [-0.4, -0.2) is 55.7 Å². The van der Waals surface area contributed by atoms with Gasteiger partial charge in [-0.05, 0) is 44.0 Å². The predicted molar refractivity (Wildman–Crippen MR) is 108 cm³/mol. The minimum atomic E-state index is -0.276. The average Bonchev–Trinajstić information content (AvgIpc) is 2.78. The summed E-state index contributed by atoms with van der Waals surface area (Å²) in [6.45, 7) is 3.11. The molecule has 1 saturated heterocycles. The highest BCUT2D eigenvalue weighted by Crippen LogP contribution is 2.33. The number of pyridine rings is 1. The minimum Gasteiger partial charge on any atom is -0.497 e. The van der Waals surface area contributed by atoms with Crippen molar-refractivity contribution in [1.82, 2.24) is 9.88 Å². The molecular formula is C22H26N2O5. The normalized spacial score (nSPS) is 16.2. The lowest BCUT2D eigenvalue weighted by atomic mass is 9.97. The van der Waals surface area contributed by atoms with Gasteiger partial charge in [-0.2, -0.15) is 0 Å². The van der Waals surface area contributed by atoms with E-state index < -0.39 is 0 Å². The molecule has 1 atom stereocenters. The van der Waals surface area contributed by atoms with E-state index in [0.29, 0.717) is 36.8 Å². The maximum Gasteiger partial charge on any atom is 0.310 e. The first-order valence-corrected chi connectivity index (χ1v) is 9.70. The van der Waals surface area contributed by atoms with Crippen LogP contribution in [0.5, 0.6) is 11.5 Å². The summed E-state index contributed by atoms with van der Waals surface area (Å²) in [5.41, 5.74) is 2.01. The number of ether oxygens (including phenoxy) is 3. The highest BCUT2D eigenvalue weighted by atomic mass is 16.5. The fourth-order valence-electron chi connectivity index (χ4n) is 3.54. The Bertz CT molecular complexity index is 883. The monoisotopic (exact) mass is 398 g/mol. The molecule has 0 N–H and O–H groups in total. The first-order valence-electron chi connectivity index (χ1n) is 9.70. The van der Waals surface area contributed by atoms with E-state index >= 15 is 0 Å². The number of piperidine rings is 1. The zero-order chi connectivity index (χ0) is 20.8. The Hall–Kier alpha value is -3.09. The van der Waals surface area contributed by atoms with Crippen LogP contribution in [0.15, 0.2) is 36.7 Å². The Morgan fingerprint density at radius 1 is 1.17 bits per heavy atom. The van der Waals surface area contributed by atoms with Crippen molar-refractivity contribution in [2.24, 2.45) is 5.92 Å². The van der Waals surface area contributed by atoms with Crippen LogP contribution in [0.3, 0.4) is 0 Å². The molecule has 0 saturated carbocycles. The molecule has 1 aromatic carbocycles. The number of likely N-dealkylation sites (tertiary alicyclic amines) is 1. The van der Waals surface area contributed by atoms with E-state index in [-0.39, 0.29) is 17.8 Å². The number of rotatable bonds is 6. The molecule has 1 fully saturated rings. The van der Waals surface area contributed by atoms with Gasteiger partial charge in [-0.15, -0.1) is 0 Å². The van der Waals surface area contributed by atoms with Crippen molar-refractivity contribution in [1.29, 1.82) is 0 Å². The molecule has 7 heteroatoms. The van der Waals surface area contributed by atoms with Gasteiger partial charge in [0.15, 0.2) is 0 Å². The van der Waals surface area contributed by atoms with E-state index in [1.54, 1.807) is 44.5 Å². The van der Waals surface area contributed by atoms with E-state index in [1.165, 1.54) is 0 Å². The second kappa shape index (κ2) is 9.41. The van der Waals surface area contributed by atoms with Crippen molar-refractivity contribution >= 4 is 11.9 Å². The molecule has 1 aliphatic heterocycles. The quantitative estimate of drug-likeness (QED) is 0.696. The second-order valence-corrected chi connectivity index (χ2v) is 6.87. The molecule has 7 nitrogen and oxygen atoms in total. The highest BCUT2D eigenvalue weighted by Gasteiger charge is 2.30. The molecule has 1 aliphatic rings. The Kier molecular flexibility index (Phi) is 6.69. The molecular weight excluding hydrogens is 372 g/mol. The van der Waals surface area contributed by atoms with Gasteiger partial charge in [-0.3, -0.25) is 14.6 Å². The van der Waals surface area contributed by atoms with Gasteiger partial charge in [-0.25, -0.2) is 0 Å². The van der Waals surface area contributed by atoms with Crippen molar-refractivity contribution in [3.63, 3.8) is 0 Å². The van der Waals surface area contributed by atoms with Gasteiger partial charge in [0.2, 0.25) is 0 Å². The van der Waals surface area contributed by atoms with Crippen LogP contribution in [0.4, 0.5) is 0 Å². The molecule has 0 aliphatic carbocycles. The number of aromatic nitrogens is 1. The molecule has 0 radical (unpaired) electrons. The van der Waals surface area contributed by atoms with E-state index in [9.17, 15) is 9.59 Å². The smallest absolute Gasteiger partial charge is 0.310 e. The van der Waals surface area contributed by atoms with Crippen molar-refractivity contribution in [3.8, 4) is 22.6 Å². The van der Waals surface area contributed by atoms with Crippen LogP contribution in [-0.2, 0) is 9.53 Å². The van der Waals surface area contributed by atoms with E-state index in [2.05, 4.69) is 4.98 Å². The number of carbonyl (C=O) groups excluding carboxylic acids is 2. The van der Waals surface area contributed by atoms with Crippen LogP contribution < -0.4 is 9.47 Å². The van der Waals surface area contributed by atoms with E-state index in [1.807, 2.05) is 18.2 Å². The standard InChI is InChI=1S/C22H26N2O5/c1-4-29-22(26)15-6-5-9-24(14-15)21(25)17-10-16(12-23-13-17)19-11-18(27-2)7-8-20(19)28-3/h7-8,10-13,15H,4-6,9,14H2,1-3H3/t15-/m0/s1. The number of benzene rings is 1. The van der Waals surface area contributed by atoms with Crippen molar-refractivity contribution < 1.29 is 23.8 Å². The number of amides is 1. The largest absolute Gasteiger partial charge is 0.497 e. The Balaban J connectivity index is 1.84. The molecule has 0 unspecified atom stereocenters. The molecule has 3 rings (SSSR count). The Morgan fingerprint density at radius 3 is 2.72 bits per heavy atom. The maximum atomic E-state index is 13.1. The summed E-state index contributed by atoms with van der Waals surface area (Å²) in [6, 6.07) is 7.27. The van der Waals surface area contributed by atoms with E-state index in [4.69, 9.17) is 14.2 Å². The lowest BCUT2D eigenvalue weighted by molar-refractivity contribution is -0.149. The van der Waals surface area contributed by atoms with Gasteiger partial charge in [0.25, 0.3) is 5.91 Å². The summed E-state index contributed by atoms with van der Waals surface area (Å²) >= 11 is 0. The summed E-state index contributed by atoms with van der Waals surface area (Å²) in [5.74, 6) is 0.693. The number of esters is 1. The van der Waals surface area contributed by atoms with Gasteiger partial charge >= 0.3 is 5.97 Å². The summed E-state index contributed by atoms with van der Waals surface area (Å²) in [6.07, 6.45) is 4.74. The summed E-state index contributed by atoms with van der Waals surface area (Å²) in [5, 5.41) is 0. The fourth-order valence-corrected chi connectivity index (χ4v) is 3.54. The first kappa shape index (κ1) is 20.6. The molecule has 2 aromatic rings.